The number of halogens is 10. The van der Waals surface area contributed by atoms with Crippen molar-refractivity contribution in [1.29, 1.82) is 0 Å². The van der Waals surface area contributed by atoms with E-state index in [-0.39, 0.29) is 24.3 Å². The minimum Gasteiger partial charge on any atom is -0.281 e. The predicted molar refractivity (Wildman–Crippen MR) is 116 cm³/mol. The lowest BCUT2D eigenvalue weighted by Gasteiger charge is -2.24. The number of hydrogen-bond donors (Lipinski definition) is 2. The molecule has 0 aliphatic carbocycles. The third-order valence-corrected chi connectivity index (χ3v) is 12.5. The van der Waals surface area contributed by atoms with Gasteiger partial charge in [0.2, 0.25) is 9.84 Å². The van der Waals surface area contributed by atoms with Crippen LogP contribution < -0.4 is 0 Å². The third kappa shape index (κ3) is 5.36. The summed E-state index contributed by atoms with van der Waals surface area (Å²) in [5, 5.41) is -27.7. The molecule has 2 aromatic carbocycles. The molecule has 244 valence electrons. The molecule has 0 fully saturated rings. The van der Waals surface area contributed by atoms with E-state index >= 15 is 0 Å². The van der Waals surface area contributed by atoms with E-state index in [4.69, 9.17) is 9.11 Å². The molecular weight excluding hydrogens is 734 g/mol. The lowest BCUT2D eigenvalue weighted by molar-refractivity contribution is -0.101. The maximum absolute atomic E-state index is 14.2. The smallest absolute Gasteiger partial charge is 0.281 e. The second-order valence-corrected chi connectivity index (χ2v) is 16.5. The van der Waals surface area contributed by atoms with Crippen molar-refractivity contribution in [2.45, 2.75) is 40.6 Å². The molecule has 2 aromatic rings. The van der Waals surface area contributed by atoms with Gasteiger partial charge in [-0.25, -0.2) is 34.0 Å². The highest BCUT2D eigenvalue weighted by Crippen LogP contribution is 2.47. The van der Waals surface area contributed by atoms with E-state index in [0.29, 0.717) is 0 Å². The zero-order chi connectivity index (χ0) is 34.2. The molecule has 0 spiro atoms. The first-order chi connectivity index (χ1) is 18.7. The van der Waals surface area contributed by atoms with Gasteiger partial charge in [0.25, 0.3) is 19.7 Å². The van der Waals surface area contributed by atoms with Crippen LogP contribution >= 0.6 is 0 Å². The van der Waals surface area contributed by atoms with Gasteiger partial charge in [-0.2, -0.15) is 52.0 Å². The van der Waals surface area contributed by atoms with Crippen molar-refractivity contribution in [3.63, 3.8) is 0 Å². The summed E-state index contributed by atoms with van der Waals surface area (Å²) in [5.74, 6) is -4.95. The molecule has 0 aliphatic heterocycles. The van der Waals surface area contributed by atoms with Crippen LogP contribution in [-0.2, 0) is 49.7 Å². The van der Waals surface area contributed by atoms with Gasteiger partial charge >= 0.3 is 41.3 Å². The van der Waals surface area contributed by atoms with Crippen molar-refractivity contribution < 1.29 is 95.1 Å². The van der Waals surface area contributed by atoms with E-state index in [2.05, 4.69) is 0 Å². The maximum Gasteiger partial charge on any atom is 0.447 e. The first-order valence-electron chi connectivity index (χ1n) is 9.53. The fraction of sp³-hybridized carbons (Fsp3) is 0.250. The van der Waals surface area contributed by atoms with Gasteiger partial charge in [-0.05, 0) is 36.4 Å². The van der Waals surface area contributed by atoms with Crippen LogP contribution in [0.25, 0.3) is 0 Å². The summed E-state index contributed by atoms with van der Waals surface area (Å²) in [6.45, 7) is 0. The quantitative estimate of drug-likeness (QED) is 0.204. The SMILES string of the molecule is O=S(=O)(c1ccc(F)c(S(=O)(=O)C(F)(F)C(F)(F)S(=O)(=O)O)c1)c1ccc(F)c(S(=O)(=O)C(F)(F)C(F)(F)S(=O)(=O)O)c1. The Balaban J connectivity index is 2.86. The van der Waals surface area contributed by atoms with Gasteiger partial charge < -0.3 is 0 Å². The molecule has 0 aromatic heterocycles. The third-order valence-electron chi connectivity index (χ3n) is 5.01. The Morgan fingerprint density at radius 2 is 0.721 bits per heavy atom. The maximum atomic E-state index is 14.2. The van der Waals surface area contributed by atoms with Gasteiger partial charge in [0, 0.05) is 0 Å². The van der Waals surface area contributed by atoms with Crippen LogP contribution in [0.2, 0.25) is 0 Å². The van der Waals surface area contributed by atoms with Crippen molar-refractivity contribution in [2.75, 3.05) is 0 Å². The lowest BCUT2D eigenvalue weighted by Crippen LogP contribution is -2.52. The van der Waals surface area contributed by atoms with Gasteiger partial charge in [-0.1, -0.05) is 0 Å². The van der Waals surface area contributed by atoms with Crippen LogP contribution in [0.15, 0.2) is 56.0 Å². The highest BCUT2D eigenvalue weighted by atomic mass is 32.2. The van der Waals surface area contributed by atoms with Crippen molar-refractivity contribution >= 4 is 49.7 Å². The van der Waals surface area contributed by atoms with Crippen molar-refractivity contribution in [1.82, 2.24) is 0 Å². The second kappa shape index (κ2) is 10.2. The van der Waals surface area contributed by atoms with E-state index < -0.39 is 114 Å². The van der Waals surface area contributed by atoms with Gasteiger partial charge in [-0.15, -0.1) is 0 Å². The molecule has 0 bridgehead atoms. The largest absolute Gasteiger partial charge is 0.447 e. The number of benzene rings is 2. The molecule has 0 radical (unpaired) electrons. The minimum absolute atomic E-state index is 0.0681. The van der Waals surface area contributed by atoms with Gasteiger partial charge in [0.05, 0.1) is 9.79 Å². The Morgan fingerprint density at radius 1 is 0.465 bits per heavy atom. The highest BCUT2D eigenvalue weighted by molar-refractivity contribution is 7.95. The molecule has 0 amide bonds. The fourth-order valence-electron chi connectivity index (χ4n) is 2.74. The zero-order valence-electron chi connectivity index (χ0n) is 19.3. The van der Waals surface area contributed by atoms with E-state index in [1.165, 1.54) is 0 Å². The number of hydrogen-bond acceptors (Lipinski definition) is 10. The molecule has 2 N–H and O–H groups in total. The van der Waals surface area contributed by atoms with Gasteiger partial charge in [-0.3, -0.25) is 9.11 Å². The molecule has 0 saturated heterocycles. The Bertz CT molecular complexity index is 1900. The van der Waals surface area contributed by atoms with E-state index in [1.807, 2.05) is 0 Å². The molecule has 0 saturated carbocycles. The molecule has 0 unspecified atom stereocenters. The average Bonchev–Trinajstić information content (AvgIpc) is 2.82. The van der Waals surface area contributed by atoms with Crippen LogP contribution in [0.1, 0.15) is 0 Å². The standard InChI is InChI=1S/C16H8F10O12S5/c17-9-3-1-7(5-11(9)40(29,30)13(19,20)15(23,24)42(33,34)35)39(27,28)8-2-4-10(18)12(6-8)41(31,32)14(21,22)16(25,26)43(36,37)38/h1-6H,(H,33,34,35)(H,36,37,38). The highest BCUT2D eigenvalue weighted by Gasteiger charge is 2.74. The van der Waals surface area contributed by atoms with Gasteiger partial charge in [0.15, 0.2) is 0 Å². The fourth-order valence-corrected chi connectivity index (χ4v) is 8.48. The van der Waals surface area contributed by atoms with Crippen LogP contribution in [0.5, 0.6) is 0 Å². The average molecular weight is 743 g/mol. The molecule has 43 heavy (non-hydrogen) atoms. The number of rotatable bonds is 10. The first-order valence-corrected chi connectivity index (χ1v) is 16.9. The first kappa shape index (κ1) is 36.6. The van der Waals surface area contributed by atoms with Crippen molar-refractivity contribution in [3.8, 4) is 0 Å². The molecule has 0 atom stereocenters. The Hall–Kier alpha value is -2.59. The van der Waals surface area contributed by atoms with E-state index in [0.717, 1.165) is 0 Å². The Morgan fingerprint density at radius 3 is 0.953 bits per heavy atom. The molecule has 27 heteroatoms. The number of alkyl halides is 8. The summed E-state index contributed by atoms with van der Waals surface area (Å²) < 4.78 is 273. The topological polar surface area (TPSA) is 211 Å². The summed E-state index contributed by atoms with van der Waals surface area (Å²) in [4.78, 5) is -9.08. The summed E-state index contributed by atoms with van der Waals surface area (Å²) in [6, 6.07) is -2.26. The molecule has 2 rings (SSSR count). The molecular formula is C16H8F10O12S5. The molecule has 0 heterocycles. The van der Waals surface area contributed by atoms with Crippen LogP contribution in [0.4, 0.5) is 43.9 Å². The second-order valence-electron chi connectivity index (χ2n) is 7.71. The van der Waals surface area contributed by atoms with Gasteiger partial charge in [0.1, 0.15) is 21.4 Å². The van der Waals surface area contributed by atoms with E-state index in [1.54, 1.807) is 0 Å². The molecule has 0 aliphatic rings. The van der Waals surface area contributed by atoms with Crippen molar-refractivity contribution in [2.24, 2.45) is 0 Å². The summed E-state index contributed by atoms with van der Waals surface area (Å²) in [7, 11) is -35.0. The minimum atomic E-state index is -7.34. The Labute approximate surface area is 233 Å². The van der Waals surface area contributed by atoms with E-state index in [9.17, 15) is 86.0 Å². The summed E-state index contributed by atoms with van der Waals surface area (Å²) in [6.07, 6.45) is 0. The summed E-state index contributed by atoms with van der Waals surface area (Å²) >= 11 is 0. The predicted octanol–water partition coefficient (Wildman–Crippen LogP) is 2.49. The normalized spacial score (nSPS) is 15.0. The molecule has 12 nitrogen and oxygen atoms in total. The van der Waals surface area contributed by atoms with Crippen LogP contribution in [0.3, 0.4) is 0 Å². The Kier molecular flexibility index (Phi) is 8.70. The van der Waals surface area contributed by atoms with Crippen LogP contribution in [0, 0.1) is 11.6 Å². The summed E-state index contributed by atoms with van der Waals surface area (Å²) in [5.41, 5.74) is 0. The van der Waals surface area contributed by atoms with Crippen molar-refractivity contribution in [3.05, 3.63) is 48.0 Å². The van der Waals surface area contributed by atoms with Crippen LogP contribution in [-0.4, -0.2) is 72.2 Å². The number of sulfone groups is 3. The zero-order valence-corrected chi connectivity index (χ0v) is 23.3. The monoisotopic (exact) mass is 742 g/mol. The lowest BCUT2D eigenvalue weighted by atomic mass is 10.3.